The number of hydrogen-bond acceptors (Lipinski definition) is 2. The zero-order valence-corrected chi connectivity index (χ0v) is 10.2. The third-order valence-corrected chi connectivity index (χ3v) is 2.60. The molecule has 2 aromatic carbocycles. The Morgan fingerprint density at radius 2 is 1.58 bits per heavy atom. The maximum atomic E-state index is 11.5. The number of rotatable bonds is 4. The van der Waals surface area contributed by atoms with Crippen molar-refractivity contribution in [2.75, 3.05) is 5.32 Å². The molecular weight excluding hydrogens is 242 g/mol. The van der Waals surface area contributed by atoms with E-state index in [1.807, 2.05) is 42.5 Å². The van der Waals surface area contributed by atoms with Gasteiger partial charge in [0.05, 0.1) is 0 Å². The summed E-state index contributed by atoms with van der Waals surface area (Å²) in [7, 11) is 0. The number of anilines is 1. The largest absolute Gasteiger partial charge is 0.481 e. The van der Waals surface area contributed by atoms with Gasteiger partial charge in [0.1, 0.15) is 6.42 Å². The summed E-state index contributed by atoms with van der Waals surface area (Å²) in [6.07, 6.45) is -0.539. The Kier molecular flexibility index (Phi) is 3.93. The molecule has 0 bridgehead atoms. The van der Waals surface area contributed by atoms with E-state index < -0.39 is 18.3 Å². The van der Waals surface area contributed by atoms with E-state index in [0.717, 1.165) is 11.1 Å². The van der Waals surface area contributed by atoms with Gasteiger partial charge in [-0.3, -0.25) is 9.59 Å². The topological polar surface area (TPSA) is 66.4 Å². The van der Waals surface area contributed by atoms with Crippen molar-refractivity contribution in [2.24, 2.45) is 0 Å². The summed E-state index contributed by atoms with van der Waals surface area (Å²) in [4.78, 5) is 22.0. The molecule has 2 rings (SSSR count). The monoisotopic (exact) mass is 255 g/mol. The summed E-state index contributed by atoms with van der Waals surface area (Å²) in [6.45, 7) is 0. The molecule has 0 aliphatic carbocycles. The fourth-order valence-electron chi connectivity index (χ4n) is 1.79. The number of carbonyl (C=O) groups excluding carboxylic acids is 1. The van der Waals surface area contributed by atoms with Crippen LogP contribution in [-0.2, 0) is 9.59 Å². The van der Waals surface area contributed by atoms with Crippen LogP contribution in [0.15, 0.2) is 54.6 Å². The summed E-state index contributed by atoms with van der Waals surface area (Å²) >= 11 is 0. The maximum Gasteiger partial charge on any atom is 0.312 e. The summed E-state index contributed by atoms with van der Waals surface area (Å²) in [5.74, 6) is -1.68. The zero-order chi connectivity index (χ0) is 13.7. The van der Waals surface area contributed by atoms with E-state index >= 15 is 0 Å². The minimum Gasteiger partial charge on any atom is -0.481 e. The van der Waals surface area contributed by atoms with Gasteiger partial charge in [0.2, 0.25) is 5.91 Å². The lowest BCUT2D eigenvalue weighted by Gasteiger charge is -2.10. The Hall–Kier alpha value is -2.62. The fraction of sp³-hybridized carbons (Fsp3) is 0.0667. The molecule has 2 aromatic rings. The molecule has 0 heterocycles. The minimum atomic E-state index is -1.14. The Balaban J connectivity index is 2.27. The van der Waals surface area contributed by atoms with E-state index in [1.54, 1.807) is 12.1 Å². The zero-order valence-electron chi connectivity index (χ0n) is 10.2. The Morgan fingerprint density at radius 3 is 2.26 bits per heavy atom. The van der Waals surface area contributed by atoms with E-state index in [-0.39, 0.29) is 0 Å². The number of amides is 1. The Morgan fingerprint density at radius 1 is 0.947 bits per heavy atom. The van der Waals surface area contributed by atoms with Gasteiger partial charge in [0.25, 0.3) is 0 Å². The molecule has 1 amide bonds. The first-order valence-electron chi connectivity index (χ1n) is 5.83. The van der Waals surface area contributed by atoms with Gasteiger partial charge in [0, 0.05) is 11.3 Å². The quantitative estimate of drug-likeness (QED) is 0.825. The van der Waals surface area contributed by atoms with E-state index in [0.29, 0.717) is 5.69 Å². The van der Waals surface area contributed by atoms with Crippen LogP contribution >= 0.6 is 0 Å². The fourth-order valence-corrected chi connectivity index (χ4v) is 1.79. The van der Waals surface area contributed by atoms with Crippen molar-refractivity contribution in [3.63, 3.8) is 0 Å². The normalized spacial score (nSPS) is 9.89. The molecule has 0 spiro atoms. The van der Waals surface area contributed by atoms with Crippen molar-refractivity contribution in [3.05, 3.63) is 54.6 Å². The number of nitrogens with one attached hydrogen (secondary N) is 1. The van der Waals surface area contributed by atoms with Crippen LogP contribution in [0.3, 0.4) is 0 Å². The number of para-hydroxylation sites is 1. The van der Waals surface area contributed by atoms with Crippen LogP contribution in [0.4, 0.5) is 5.69 Å². The summed E-state index contributed by atoms with van der Waals surface area (Å²) in [5.41, 5.74) is 2.44. The van der Waals surface area contributed by atoms with E-state index in [9.17, 15) is 9.59 Å². The van der Waals surface area contributed by atoms with Crippen LogP contribution in [0.5, 0.6) is 0 Å². The standard InChI is InChI=1S/C15H13NO3/c17-14(10-15(18)19)16-13-9-5-4-8-12(13)11-6-2-1-3-7-11/h1-9H,10H2,(H,16,17)(H,18,19). The van der Waals surface area contributed by atoms with Crippen LogP contribution in [0.1, 0.15) is 6.42 Å². The van der Waals surface area contributed by atoms with Crippen molar-refractivity contribution in [1.82, 2.24) is 0 Å². The van der Waals surface area contributed by atoms with Gasteiger partial charge in [-0.1, -0.05) is 48.5 Å². The third-order valence-electron chi connectivity index (χ3n) is 2.60. The third kappa shape index (κ3) is 3.42. The Labute approximate surface area is 110 Å². The maximum absolute atomic E-state index is 11.5. The van der Waals surface area contributed by atoms with Gasteiger partial charge >= 0.3 is 5.97 Å². The predicted octanol–water partition coefficient (Wildman–Crippen LogP) is 2.77. The smallest absolute Gasteiger partial charge is 0.312 e. The molecule has 0 aliphatic rings. The highest BCUT2D eigenvalue weighted by atomic mass is 16.4. The van der Waals surface area contributed by atoms with Crippen molar-refractivity contribution >= 4 is 17.6 Å². The molecule has 0 fully saturated rings. The van der Waals surface area contributed by atoms with Crippen molar-refractivity contribution in [2.45, 2.75) is 6.42 Å². The molecule has 4 nitrogen and oxygen atoms in total. The molecule has 0 aromatic heterocycles. The SMILES string of the molecule is O=C(O)CC(=O)Nc1ccccc1-c1ccccc1. The first-order valence-corrected chi connectivity index (χ1v) is 5.83. The second-order valence-corrected chi connectivity index (χ2v) is 4.03. The number of carbonyl (C=O) groups is 2. The van der Waals surface area contributed by atoms with Gasteiger partial charge in [-0.05, 0) is 11.6 Å². The van der Waals surface area contributed by atoms with Crippen LogP contribution in [0.25, 0.3) is 11.1 Å². The molecule has 0 aliphatic heterocycles. The number of hydrogen-bond donors (Lipinski definition) is 2. The second-order valence-electron chi connectivity index (χ2n) is 4.03. The van der Waals surface area contributed by atoms with E-state index in [1.165, 1.54) is 0 Å². The molecule has 19 heavy (non-hydrogen) atoms. The van der Waals surface area contributed by atoms with Crippen molar-refractivity contribution in [3.8, 4) is 11.1 Å². The number of benzene rings is 2. The average molecular weight is 255 g/mol. The molecule has 0 unspecified atom stereocenters. The second kappa shape index (κ2) is 5.82. The highest BCUT2D eigenvalue weighted by Crippen LogP contribution is 2.27. The first kappa shape index (κ1) is 12.8. The van der Waals surface area contributed by atoms with Crippen LogP contribution < -0.4 is 5.32 Å². The Bertz CT molecular complexity index is 593. The number of aliphatic carboxylic acids is 1. The predicted molar refractivity (Wildman–Crippen MR) is 72.8 cm³/mol. The van der Waals surface area contributed by atoms with Crippen LogP contribution in [0.2, 0.25) is 0 Å². The van der Waals surface area contributed by atoms with E-state index in [2.05, 4.69) is 5.32 Å². The lowest BCUT2D eigenvalue weighted by Crippen LogP contribution is -2.16. The minimum absolute atomic E-state index is 0.532. The lowest BCUT2D eigenvalue weighted by molar-refractivity contribution is -0.139. The van der Waals surface area contributed by atoms with Crippen LogP contribution in [-0.4, -0.2) is 17.0 Å². The van der Waals surface area contributed by atoms with Gasteiger partial charge in [0.15, 0.2) is 0 Å². The highest BCUT2D eigenvalue weighted by molar-refractivity contribution is 6.03. The molecule has 0 atom stereocenters. The molecule has 0 radical (unpaired) electrons. The number of carboxylic acid groups (broad SMARTS) is 1. The van der Waals surface area contributed by atoms with Crippen molar-refractivity contribution < 1.29 is 14.7 Å². The lowest BCUT2D eigenvalue weighted by atomic mass is 10.0. The molecule has 4 heteroatoms. The molecule has 0 saturated heterocycles. The van der Waals surface area contributed by atoms with Gasteiger partial charge in [-0.2, -0.15) is 0 Å². The molecule has 0 saturated carbocycles. The van der Waals surface area contributed by atoms with Gasteiger partial charge in [-0.15, -0.1) is 0 Å². The van der Waals surface area contributed by atoms with Gasteiger partial charge < -0.3 is 10.4 Å². The summed E-state index contributed by atoms with van der Waals surface area (Å²) in [6, 6.07) is 16.9. The van der Waals surface area contributed by atoms with E-state index in [4.69, 9.17) is 5.11 Å². The average Bonchev–Trinajstić information content (AvgIpc) is 2.39. The molecule has 96 valence electrons. The molecular formula is C15H13NO3. The first-order chi connectivity index (χ1) is 9.16. The summed E-state index contributed by atoms with van der Waals surface area (Å²) in [5, 5.41) is 11.2. The summed E-state index contributed by atoms with van der Waals surface area (Å²) < 4.78 is 0. The van der Waals surface area contributed by atoms with Crippen LogP contribution in [0, 0.1) is 0 Å². The highest BCUT2D eigenvalue weighted by Gasteiger charge is 2.10. The van der Waals surface area contributed by atoms with Gasteiger partial charge in [-0.25, -0.2) is 0 Å². The molecule has 2 N–H and O–H groups in total. The number of carboxylic acids is 1. The van der Waals surface area contributed by atoms with Crippen molar-refractivity contribution in [1.29, 1.82) is 0 Å².